The van der Waals surface area contributed by atoms with E-state index in [2.05, 4.69) is 4.98 Å². The lowest BCUT2D eigenvalue weighted by Crippen LogP contribution is -2.20. The van der Waals surface area contributed by atoms with E-state index in [0.29, 0.717) is 10.7 Å². The Labute approximate surface area is 158 Å². The summed E-state index contributed by atoms with van der Waals surface area (Å²) in [7, 11) is 0. The van der Waals surface area contributed by atoms with E-state index < -0.39 is 17.0 Å². The van der Waals surface area contributed by atoms with Crippen LogP contribution in [-0.2, 0) is 4.79 Å². The molecule has 7 nitrogen and oxygen atoms in total. The molecule has 0 bridgehead atoms. The number of amides is 1. The minimum Gasteiger partial charge on any atom is -0.437 e. The van der Waals surface area contributed by atoms with Gasteiger partial charge in [0.15, 0.2) is 0 Å². The number of carbonyl (C=O) groups excluding carboxylic acids is 1. The molecular formula is C19H13ClN4O3. The van der Waals surface area contributed by atoms with Crippen LogP contribution in [0.3, 0.4) is 0 Å². The summed E-state index contributed by atoms with van der Waals surface area (Å²) in [6.07, 6.45) is 2.60. The Kier molecular flexibility index (Phi) is 4.92. The number of hydrogen-bond acceptors (Lipinski definition) is 5. The van der Waals surface area contributed by atoms with Crippen LogP contribution < -0.4 is 16.0 Å². The van der Waals surface area contributed by atoms with Crippen LogP contribution in [0.25, 0.3) is 11.7 Å². The molecule has 0 saturated heterocycles. The SMILES string of the molecule is Cc1cccn2c(=O)c(C=C(C#N)C(N)=O)c(Oc3ccccc3Cl)nc12. The number of pyridine rings is 1. The Bertz CT molecular complexity index is 1190. The highest BCUT2D eigenvalue weighted by Crippen LogP contribution is 2.30. The van der Waals surface area contributed by atoms with Gasteiger partial charge in [-0.25, -0.2) is 0 Å². The topological polar surface area (TPSA) is 110 Å². The molecule has 0 atom stereocenters. The second kappa shape index (κ2) is 7.32. The number of nitriles is 1. The lowest BCUT2D eigenvalue weighted by atomic mass is 10.1. The van der Waals surface area contributed by atoms with Gasteiger partial charge in [0.25, 0.3) is 11.5 Å². The van der Waals surface area contributed by atoms with E-state index in [9.17, 15) is 9.59 Å². The number of halogens is 1. The van der Waals surface area contributed by atoms with Crippen molar-refractivity contribution in [1.82, 2.24) is 9.38 Å². The number of ether oxygens (including phenoxy) is 1. The first kappa shape index (κ1) is 18.2. The summed E-state index contributed by atoms with van der Waals surface area (Å²) in [5.41, 5.74) is 5.30. The van der Waals surface area contributed by atoms with Gasteiger partial charge in [0.2, 0.25) is 5.88 Å². The molecule has 1 amide bonds. The number of aryl methyl sites for hydroxylation is 1. The fourth-order valence-electron chi connectivity index (χ4n) is 2.43. The van der Waals surface area contributed by atoms with E-state index in [1.54, 1.807) is 49.4 Å². The number of hydrogen-bond donors (Lipinski definition) is 1. The smallest absolute Gasteiger partial charge is 0.269 e. The summed E-state index contributed by atoms with van der Waals surface area (Å²) >= 11 is 6.12. The van der Waals surface area contributed by atoms with Crippen LogP contribution in [-0.4, -0.2) is 15.3 Å². The second-order valence-electron chi connectivity index (χ2n) is 5.59. The van der Waals surface area contributed by atoms with E-state index in [1.165, 1.54) is 10.6 Å². The number of benzene rings is 1. The fraction of sp³-hybridized carbons (Fsp3) is 0.0526. The standard InChI is InChI=1S/C19H13ClN4O3/c1-11-5-4-8-24-17(11)23-18(27-15-7-3-2-6-14(15)20)13(19(24)26)9-12(10-21)16(22)25/h2-9H,1H3,(H2,22,25). The fourth-order valence-corrected chi connectivity index (χ4v) is 2.60. The van der Waals surface area contributed by atoms with Crippen LogP contribution >= 0.6 is 11.6 Å². The van der Waals surface area contributed by atoms with Crippen molar-refractivity contribution in [2.45, 2.75) is 6.92 Å². The molecule has 2 N–H and O–H groups in total. The summed E-state index contributed by atoms with van der Waals surface area (Å²) in [5.74, 6) is -0.775. The molecule has 0 aliphatic heterocycles. The molecule has 8 heteroatoms. The number of fused-ring (bicyclic) bond motifs is 1. The molecule has 0 aliphatic rings. The number of para-hydroxylation sites is 1. The molecule has 27 heavy (non-hydrogen) atoms. The van der Waals surface area contributed by atoms with Crippen molar-refractivity contribution < 1.29 is 9.53 Å². The average Bonchev–Trinajstić information content (AvgIpc) is 2.64. The Morgan fingerprint density at radius 2 is 2.07 bits per heavy atom. The largest absolute Gasteiger partial charge is 0.437 e. The van der Waals surface area contributed by atoms with Crippen LogP contribution in [0.5, 0.6) is 11.6 Å². The van der Waals surface area contributed by atoms with Crippen LogP contribution in [0.15, 0.2) is 53.0 Å². The molecule has 0 aliphatic carbocycles. The zero-order valence-electron chi connectivity index (χ0n) is 14.1. The molecule has 0 spiro atoms. The first-order valence-corrected chi connectivity index (χ1v) is 8.16. The van der Waals surface area contributed by atoms with Gasteiger partial charge in [-0.05, 0) is 36.8 Å². The molecule has 2 heterocycles. The summed E-state index contributed by atoms with van der Waals surface area (Å²) in [5, 5.41) is 9.43. The summed E-state index contributed by atoms with van der Waals surface area (Å²) < 4.78 is 7.05. The lowest BCUT2D eigenvalue weighted by molar-refractivity contribution is -0.114. The Morgan fingerprint density at radius 3 is 2.74 bits per heavy atom. The van der Waals surface area contributed by atoms with Gasteiger partial charge in [-0.1, -0.05) is 29.8 Å². The molecule has 3 aromatic rings. The lowest BCUT2D eigenvalue weighted by Gasteiger charge is -2.12. The maximum absolute atomic E-state index is 13.0. The third-order valence-corrected chi connectivity index (χ3v) is 4.08. The van der Waals surface area contributed by atoms with E-state index in [-0.39, 0.29) is 17.2 Å². The Hall–Kier alpha value is -3.63. The van der Waals surface area contributed by atoms with Crippen molar-refractivity contribution in [3.8, 4) is 17.7 Å². The molecule has 3 rings (SSSR count). The zero-order chi connectivity index (χ0) is 19.6. The average molecular weight is 381 g/mol. The summed E-state index contributed by atoms with van der Waals surface area (Å²) in [4.78, 5) is 28.8. The van der Waals surface area contributed by atoms with Crippen molar-refractivity contribution >= 4 is 29.2 Å². The van der Waals surface area contributed by atoms with E-state index in [0.717, 1.165) is 11.6 Å². The third kappa shape index (κ3) is 3.52. The molecule has 0 radical (unpaired) electrons. The first-order chi connectivity index (χ1) is 12.9. The quantitative estimate of drug-likeness (QED) is 0.552. The maximum Gasteiger partial charge on any atom is 0.269 e. The van der Waals surface area contributed by atoms with Gasteiger partial charge in [0.05, 0.1) is 5.02 Å². The van der Waals surface area contributed by atoms with Crippen LogP contribution in [0.2, 0.25) is 5.02 Å². The highest BCUT2D eigenvalue weighted by Gasteiger charge is 2.17. The number of nitrogens with two attached hydrogens (primary N) is 1. The molecule has 134 valence electrons. The van der Waals surface area contributed by atoms with Crippen molar-refractivity contribution in [2.24, 2.45) is 5.73 Å². The Balaban J connectivity index is 2.33. The van der Waals surface area contributed by atoms with E-state index in [4.69, 9.17) is 27.3 Å². The van der Waals surface area contributed by atoms with Gasteiger partial charge in [0.1, 0.15) is 28.6 Å². The number of primary amides is 1. The van der Waals surface area contributed by atoms with Gasteiger partial charge in [-0.15, -0.1) is 0 Å². The van der Waals surface area contributed by atoms with Gasteiger partial charge in [0, 0.05) is 6.20 Å². The van der Waals surface area contributed by atoms with Crippen molar-refractivity contribution in [3.63, 3.8) is 0 Å². The van der Waals surface area contributed by atoms with Crippen molar-refractivity contribution in [3.05, 3.63) is 74.7 Å². The van der Waals surface area contributed by atoms with Crippen LogP contribution in [0.4, 0.5) is 0 Å². The number of carbonyl (C=O) groups is 1. The zero-order valence-corrected chi connectivity index (χ0v) is 14.9. The van der Waals surface area contributed by atoms with Gasteiger partial charge in [-0.2, -0.15) is 10.2 Å². The van der Waals surface area contributed by atoms with E-state index in [1.807, 2.05) is 0 Å². The number of aromatic nitrogens is 2. The van der Waals surface area contributed by atoms with Gasteiger partial charge < -0.3 is 10.5 Å². The van der Waals surface area contributed by atoms with E-state index >= 15 is 0 Å². The third-order valence-electron chi connectivity index (χ3n) is 3.77. The van der Waals surface area contributed by atoms with Crippen LogP contribution in [0.1, 0.15) is 11.1 Å². The summed E-state index contributed by atoms with van der Waals surface area (Å²) in [6, 6.07) is 11.8. The molecule has 0 saturated carbocycles. The molecular weight excluding hydrogens is 368 g/mol. The van der Waals surface area contributed by atoms with Crippen LogP contribution in [0, 0.1) is 18.3 Å². The molecule has 0 unspecified atom stereocenters. The van der Waals surface area contributed by atoms with Crippen molar-refractivity contribution in [2.75, 3.05) is 0 Å². The Morgan fingerprint density at radius 1 is 1.33 bits per heavy atom. The maximum atomic E-state index is 13.0. The molecule has 0 fully saturated rings. The van der Waals surface area contributed by atoms with Crippen molar-refractivity contribution in [1.29, 1.82) is 5.26 Å². The highest BCUT2D eigenvalue weighted by molar-refractivity contribution is 6.32. The first-order valence-electron chi connectivity index (χ1n) is 7.78. The number of rotatable bonds is 4. The summed E-state index contributed by atoms with van der Waals surface area (Å²) in [6.45, 7) is 1.79. The highest BCUT2D eigenvalue weighted by atomic mass is 35.5. The monoisotopic (exact) mass is 380 g/mol. The normalized spacial score (nSPS) is 11.2. The minimum atomic E-state index is -0.963. The molecule has 2 aromatic heterocycles. The predicted octanol–water partition coefficient (Wildman–Crippen LogP) is 2.84. The van der Waals surface area contributed by atoms with Gasteiger partial charge in [-0.3, -0.25) is 14.0 Å². The minimum absolute atomic E-state index is 0.0867. The predicted molar refractivity (Wildman–Crippen MR) is 101 cm³/mol. The molecule has 1 aromatic carbocycles. The number of nitrogens with zero attached hydrogens (tertiary/aromatic N) is 3. The van der Waals surface area contributed by atoms with Gasteiger partial charge >= 0.3 is 0 Å². The second-order valence-corrected chi connectivity index (χ2v) is 5.99.